The molecule has 0 unspecified atom stereocenters. The monoisotopic (exact) mass is 428 g/mol. The van der Waals surface area contributed by atoms with E-state index in [2.05, 4.69) is 20.4 Å². The van der Waals surface area contributed by atoms with E-state index in [9.17, 15) is 14.0 Å². The summed E-state index contributed by atoms with van der Waals surface area (Å²) >= 11 is 0. The number of benzene rings is 2. The second-order valence-corrected chi connectivity index (χ2v) is 7.52. The van der Waals surface area contributed by atoms with Gasteiger partial charge in [0, 0.05) is 38.4 Å². The first-order chi connectivity index (χ1) is 15.0. The fourth-order valence-electron chi connectivity index (χ4n) is 3.55. The van der Waals surface area contributed by atoms with Crippen LogP contribution in [-0.4, -0.2) is 74.5 Å². The molecule has 1 saturated heterocycles. The minimum atomic E-state index is -0.335. The van der Waals surface area contributed by atoms with Gasteiger partial charge in [0.1, 0.15) is 11.6 Å². The van der Waals surface area contributed by atoms with Crippen molar-refractivity contribution in [3.8, 4) is 5.75 Å². The number of hydrogen-bond acceptors (Lipinski definition) is 5. The summed E-state index contributed by atoms with van der Waals surface area (Å²) in [5, 5.41) is 5.73. The summed E-state index contributed by atoms with van der Waals surface area (Å²) in [6.45, 7) is 4.06. The molecule has 0 saturated carbocycles. The maximum atomic E-state index is 12.9. The Balaban J connectivity index is 1.32. The maximum Gasteiger partial charge on any atom is 0.238 e. The quantitative estimate of drug-likeness (QED) is 0.637. The van der Waals surface area contributed by atoms with Gasteiger partial charge >= 0.3 is 0 Å². The van der Waals surface area contributed by atoms with Crippen LogP contribution in [0.4, 0.5) is 10.1 Å². The Morgan fingerprint density at radius 2 is 1.55 bits per heavy atom. The van der Waals surface area contributed by atoms with Gasteiger partial charge in [0.15, 0.2) is 0 Å². The van der Waals surface area contributed by atoms with Gasteiger partial charge in [-0.1, -0.05) is 18.2 Å². The molecule has 0 bridgehead atoms. The summed E-state index contributed by atoms with van der Waals surface area (Å²) in [7, 11) is 1.64. The molecule has 0 spiro atoms. The SMILES string of the molecule is COc1ccccc1CCNC(=O)CN1CCN(CC(=O)Nc2ccc(F)cc2)CC1. The van der Waals surface area contributed by atoms with Gasteiger partial charge in [-0.15, -0.1) is 0 Å². The van der Waals surface area contributed by atoms with Crippen LogP contribution in [0.3, 0.4) is 0 Å². The molecule has 2 aromatic rings. The first-order valence-corrected chi connectivity index (χ1v) is 10.4. The zero-order valence-corrected chi connectivity index (χ0v) is 17.8. The predicted molar refractivity (Wildman–Crippen MR) is 118 cm³/mol. The van der Waals surface area contributed by atoms with Gasteiger partial charge in [0.2, 0.25) is 11.8 Å². The van der Waals surface area contributed by atoms with E-state index in [1.165, 1.54) is 24.3 Å². The summed E-state index contributed by atoms with van der Waals surface area (Å²) in [6.07, 6.45) is 0.715. The third kappa shape index (κ3) is 7.34. The number of ether oxygens (including phenoxy) is 1. The van der Waals surface area contributed by atoms with Gasteiger partial charge < -0.3 is 15.4 Å². The van der Waals surface area contributed by atoms with Crippen LogP contribution in [0.5, 0.6) is 5.75 Å². The van der Waals surface area contributed by atoms with Crippen LogP contribution in [-0.2, 0) is 16.0 Å². The molecule has 2 N–H and O–H groups in total. The molecule has 0 radical (unpaired) electrons. The molecule has 2 aromatic carbocycles. The highest BCUT2D eigenvalue weighted by molar-refractivity contribution is 5.92. The van der Waals surface area contributed by atoms with Crippen molar-refractivity contribution < 1.29 is 18.7 Å². The molecular weight excluding hydrogens is 399 g/mol. The molecule has 0 atom stereocenters. The first-order valence-electron chi connectivity index (χ1n) is 10.4. The Kier molecular flexibility index (Phi) is 8.37. The molecule has 1 aliphatic heterocycles. The summed E-state index contributed by atoms with van der Waals surface area (Å²) in [6, 6.07) is 13.5. The number of nitrogens with one attached hydrogen (secondary N) is 2. The summed E-state index contributed by atoms with van der Waals surface area (Å²) in [5.74, 6) is 0.362. The van der Waals surface area contributed by atoms with Gasteiger partial charge in [0.25, 0.3) is 0 Å². The van der Waals surface area contributed by atoms with Gasteiger partial charge in [0.05, 0.1) is 20.2 Å². The van der Waals surface area contributed by atoms with E-state index in [1.54, 1.807) is 7.11 Å². The third-order valence-electron chi connectivity index (χ3n) is 5.24. The second kappa shape index (κ2) is 11.4. The van der Waals surface area contributed by atoms with Crippen molar-refractivity contribution in [1.29, 1.82) is 0 Å². The zero-order valence-electron chi connectivity index (χ0n) is 17.8. The highest BCUT2D eigenvalue weighted by atomic mass is 19.1. The van der Waals surface area contributed by atoms with Crippen LogP contribution in [0.1, 0.15) is 5.56 Å². The van der Waals surface area contributed by atoms with Crippen LogP contribution < -0.4 is 15.4 Å². The fourth-order valence-corrected chi connectivity index (χ4v) is 3.55. The molecule has 3 rings (SSSR count). The average Bonchev–Trinajstić information content (AvgIpc) is 2.77. The first kappa shape index (κ1) is 22.7. The highest BCUT2D eigenvalue weighted by Gasteiger charge is 2.20. The van der Waals surface area contributed by atoms with Crippen LogP contribution >= 0.6 is 0 Å². The van der Waals surface area contributed by atoms with Crippen LogP contribution in [0.25, 0.3) is 0 Å². The van der Waals surface area contributed by atoms with E-state index in [1.807, 2.05) is 24.3 Å². The lowest BCUT2D eigenvalue weighted by atomic mass is 10.1. The van der Waals surface area contributed by atoms with Gasteiger partial charge in [-0.3, -0.25) is 19.4 Å². The van der Waals surface area contributed by atoms with Crippen molar-refractivity contribution >= 4 is 17.5 Å². The van der Waals surface area contributed by atoms with Crippen molar-refractivity contribution in [2.75, 3.05) is 58.2 Å². The summed E-state index contributed by atoms with van der Waals surface area (Å²) in [4.78, 5) is 28.6. The third-order valence-corrected chi connectivity index (χ3v) is 5.24. The standard InChI is InChI=1S/C23H29FN4O3/c1-31-21-5-3-2-4-18(21)10-11-25-22(29)16-27-12-14-28(15-13-27)17-23(30)26-20-8-6-19(24)7-9-20/h2-9H,10-17H2,1H3,(H,25,29)(H,26,30). The highest BCUT2D eigenvalue weighted by Crippen LogP contribution is 2.17. The van der Waals surface area contributed by atoms with Crippen LogP contribution in [0.15, 0.2) is 48.5 Å². The molecule has 1 fully saturated rings. The van der Waals surface area contributed by atoms with E-state index in [0.717, 1.165) is 24.4 Å². The molecule has 2 amide bonds. The summed E-state index contributed by atoms with van der Waals surface area (Å²) < 4.78 is 18.3. The van der Waals surface area contributed by atoms with Crippen molar-refractivity contribution in [1.82, 2.24) is 15.1 Å². The number of hydrogen-bond donors (Lipinski definition) is 2. The number of anilines is 1. The predicted octanol–water partition coefficient (Wildman–Crippen LogP) is 1.75. The normalized spacial score (nSPS) is 14.8. The van der Waals surface area contributed by atoms with Crippen LogP contribution in [0, 0.1) is 5.82 Å². The van der Waals surface area contributed by atoms with E-state index < -0.39 is 0 Å². The van der Waals surface area contributed by atoms with Crippen molar-refractivity contribution in [3.05, 3.63) is 59.9 Å². The molecule has 0 aliphatic carbocycles. The number of para-hydroxylation sites is 1. The molecule has 8 heteroatoms. The molecule has 1 aliphatic rings. The number of halogens is 1. The van der Waals surface area contributed by atoms with Crippen molar-refractivity contribution in [2.24, 2.45) is 0 Å². The largest absolute Gasteiger partial charge is 0.496 e. The Hall–Kier alpha value is -2.97. The number of amides is 2. The van der Waals surface area contributed by atoms with Gasteiger partial charge in [-0.25, -0.2) is 4.39 Å². The van der Waals surface area contributed by atoms with E-state index >= 15 is 0 Å². The fraction of sp³-hybridized carbons (Fsp3) is 0.391. The van der Waals surface area contributed by atoms with Crippen molar-refractivity contribution in [2.45, 2.75) is 6.42 Å². The number of carbonyl (C=O) groups excluding carboxylic acids is 2. The van der Waals surface area contributed by atoms with E-state index in [4.69, 9.17) is 4.74 Å². The van der Waals surface area contributed by atoms with E-state index in [-0.39, 0.29) is 24.2 Å². The number of rotatable bonds is 9. The smallest absolute Gasteiger partial charge is 0.238 e. The Bertz CT molecular complexity index is 867. The Morgan fingerprint density at radius 3 is 2.19 bits per heavy atom. The molecular formula is C23H29FN4O3. The van der Waals surface area contributed by atoms with Gasteiger partial charge in [-0.05, 0) is 42.3 Å². The minimum Gasteiger partial charge on any atom is -0.496 e. The number of carbonyl (C=O) groups is 2. The van der Waals surface area contributed by atoms with Crippen molar-refractivity contribution in [3.63, 3.8) is 0 Å². The minimum absolute atomic E-state index is 0.00241. The zero-order chi connectivity index (χ0) is 22.1. The topological polar surface area (TPSA) is 73.9 Å². The molecule has 31 heavy (non-hydrogen) atoms. The number of nitrogens with zero attached hydrogens (tertiary/aromatic N) is 2. The summed E-state index contributed by atoms with van der Waals surface area (Å²) in [5.41, 5.74) is 1.65. The van der Waals surface area contributed by atoms with Crippen LogP contribution in [0.2, 0.25) is 0 Å². The maximum absolute atomic E-state index is 12.9. The van der Waals surface area contributed by atoms with Gasteiger partial charge in [-0.2, -0.15) is 0 Å². The lowest BCUT2D eigenvalue weighted by Gasteiger charge is -2.33. The molecule has 0 aromatic heterocycles. The lowest BCUT2D eigenvalue weighted by molar-refractivity contribution is -0.123. The Labute approximate surface area is 182 Å². The molecule has 166 valence electrons. The molecule has 7 nitrogen and oxygen atoms in total. The number of piperazine rings is 1. The molecule has 1 heterocycles. The average molecular weight is 429 g/mol. The lowest BCUT2D eigenvalue weighted by Crippen LogP contribution is -2.51. The number of methoxy groups -OCH3 is 1. The second-order valence-electron chi connectivity index (χ2n) is 7.52. The Morgan fingerprint density at radius 1 is 0.935 bits per heavy atom. The van der Waals surface area contributed by atoms with E-state index in [0.29, 0.717) is 38.3 Å².